The Bertz CT molecular complexity index is 1400. The van der Waals surface area contributed by atoms with E-state index in [2.05, 4.69) is 5.32 Å². The number of hydrogen-bond acceptors (Lipinski definition) is 4. The predicted octanol–water partition coefficient (Wildman–Crippen LogP) is 5.58. The summed E-state index contributed by atoms with van der Waals surface area (Å²) in [6, 6.07) is 14.8. The van der Waals surface area contributed by atoms with E-state index in [-0.39, 0.29) is 17.1 Å². The van der Waals surface area contributed by atoms with Gasteiger partial charge < -0.3 is 10.2 Å². The Morgan fingerprint density at radius 3 is 2.13 bits per heavy atom. The van der Waals surface area contributed by atoms with E-state index in [4.69, 9.17) is 23.2 Å². The molecule has 0 saturated heterocycles. The maximum Gasteiger partial charge on any atom is 0.264 e. The van der Waals surface area contributed by atoms with Gasteiger partial charge in [-0.3, -0.25) is 13.9 Å². The SMILES string of the molecule is CCCNC(=O)[C@@H](C)N(Cc1c(Cl)cccc1Cl)C(=O)CN(c1ccc(F)cc1)S(=O)(=O)c1ccc(C)cc1. The van der Waals surface area contributed by atoms with E-state index in [9.17, 15) is 22.4 Å². The monoisotopic (exact) mass is 593 g/mol. The van der Waals surface area contributed by atoms with Crippen LogP contribution in [0.4, 0.5) is 10.1 Å². The van der Waals surface area contributed by atoms with Gasteiger partial charge in [0.05, 0.1) is 10.6 Å². The fraction of sp³-hybridized carbons (Fsp3) is 0.286. The van der Waals surface area contributed by atoms with Crippen LogP contribution in [0.2, 0.25) is 10.0 Å². The highest BCUT2D eigenvalue weighted by Gasteiger charge is 2.33. The predicted molar refractivity (Wildman–Crippen MR) is 152 cm³/mol. The zero-order valence-electron chi connectivity index (χ0n) is 21.8. The number of halogens is 3. The second-order valence-electron chi connectivity index (χ2n) is 8.99. The van der Waals surface area contributed by atoms with Crippen molar-refractivity contribution in [3.05, 3.63) is 93.7 Å². The lowest BCUT2D eigenvalue weighted by atomic mass is 10.1. The summed E-state index contributed by atoms with van der Waals surface area (Å²) in [5, 5.41) is 3.35. The van der Waals surface area contributed by atoms with Crippen molar-refractivity contribution in [1.82, 2.24) is 10.2 Å². The fourth-order valence-corrected chi connectivity index (χ4v) is 5.74. The van der Waals surface area contributed by atoms with Crippen molar-refractivity contribution in [2.24, 2.45) is 0 Å². The Morgan fingerprint density at radius 1 is 0.974 bits per heavy atom. The molecule has 0 unspecified atom stereocenters. The number of anilines is 1. The number of rotatable bonds is 11. The smallest absolute Gasteiger partial charge is 0.264 e. The molecule has 0 radical (unpaired) electrons. The first-order valence-electron chi connectivity index (χ1n) is 12.3. The molecular formula is C28H30Cl2FN3O4S. The number of benzene rings is 3. The van der Waals surface area contributed by atoms with Gasteiger partial charge in [0.25, 0.3) is 10.0 Å². The summed E-state index contributed by atoms with van der Waals surface area (Å²) in [6.45, 7) is 4.87. The zero-order chi connectivity index (χ0) is 28.7. The van der Waals surface area contributed by atoms with Crippen LogP contribution < -0.4 is 9.62 Å². The molecule has 1 N–H and O–H groups in total. The van der Waals surface area contributed by atoms with Crippen molar-refractivity contribution in [2.45, 2.75) is 44.7 Å². The molecule has 0 aliphatic heterocycles. The Labute approximate surface area is 238 Å². The van der Waals surface area contributed by atoms with Crippen molar-refractivity contribution >= 4 is 50.7 Å². The van der Waals surface area contributed by atoms with Gasteiger partial charge in [0.1, 0.15) is 18.4 Å². The number of carbonyl (C=O) groups is 2. The molecule has 0 bridgehead atoms. The third-order valence-electron chi connectivity index (χ3n) is 6.11. The molecule has 3 aromatic rings. The lowest BCUT2D eigenvalue weighted by molar-refractivity contribution is -0.139. The van der Waals surface area contributed by atoms with Gasteiger partial charge in [0.2, 0.25) is 11.8 Å². The Morgan fingerprint density at radius 2 is 1.56 bits per heavy atom. The first kappa shape index (κ1) is 30.4. The minimum absolute atomic E-state index is 0.0420. The van der Waals surface area contributed by atoms with Gasteiger partial charge in [-0.05, 0) is 68.8 Å². The number of aryl methyl sites for hydroxylation is 1. The highest BCUT2D eigenvalue weighted by Crippen LogP contribution is 2.28. The number of hydrogen-bond donors (Lipinski definition) is 1. The second kappa shape index (κ2) is 13.3. The van der Waals surface area contributed by atoms with Crippen molar-refractivity contribution in [2.75, 3.05) is 17.4 Å². The van der Waals surface area contributed by atoms with Crippen LogP contribution in [0.25, 0.3) is 0 Å². The minimum Gasteiger partial charge on any atom is -0.354 e. The summed E-state index contributed by atoms with van der Waals surface area (Å²) >= 11 is 12.7. The normalized spacial score (nSPS) is 12.1. The molecule has 0 aliphatic carbocycles. The van der Waals surface area contributed by atoms with Gasteiger partial charge in [0.15, 0.2) is 0 Å². The molecule has 7 nitrogen and oxygen atoms in total. The first-order valence-corrected chi connectivity index (χ1v) is 14.5. The van der Waals surface area contributed by atoms with E-state index in [1.165, 1.54) is 29.2 Å². The Kier molecular flexibility index (Phi) is 10.4. The molecule has 0 saturated carbocycles. The van der Waals surface area contributed by atoms with E-state index in [0.717, 1.165) is 22.0 Å². The van der Waals surface area contributed by atoms with Crippen LogP contribution in [0.15, 0.2) is 71.6 Å². The maximum absolute atomic E-state index is 13.9. The molecule has 3 aromatic carbocycles. The van der Waals surface area contributed by atoms with Crippen molar-refractivity contribution in [1.29, 1.82) is 0 Å². The molecule has 11 heteroatoms. The van der Waals surface area contributed by atoms with Gasteiger partial charge >= 0.3 is 0 Å². The first-order chi connectivity index (χ1) is 18.4. The Balaban J connectivity index is 2.05. The second-order valence-corrected chi connectivity index (χ2v) is 11.7. The number of carbonyl (C=O) groups excluding carboxylic acids is 2. The van der Waals surface area contributed by atoms with Crippen LogP contribution in [0.5, 0.6) is 0 Å². The third-order valence-corrected chi connectivity index (χ3v) is 8.61. The van der Waals surface area contributed by atoms with Gasteiger partial charge in [-0.25, -0.2) is 12.8 Å². The molecule has 0 fully saturated rings. The highest BCUT2D eigenvalue weighted by atomic mass is 35.5. The quantitative estimate of drug-likeness (QED) is 0.314. The molecule has 39 heavy (non-hydrogen) atoms. The summed E-state index contributed by atoms with van der Waals surface area (Å²) in [5.41, 5.74) is 1.36. The van der Waals surface area contributed by atoms with Crippen LogP contribution >= 0.6 is 23.2 Å². The minimum atomic E-state index is -4.25. The summed E-state index contributed by atoms with van der Waals surface area (Å²) in [4.78, 5) is 28.0. The van der Waals surface area contributed by atoms with Gasteiger partial charge in [0, 0.05) is 28.7 Å². The average molecular weight is 595 g/mol. The molecule has 0 spiro atoms. The van der Waals surface area contributed by atoms with Crippen molar-refractivity contribution < 1.29 is 22.4 Å². The lowest BCUT2D eigenvalue weighted by Gasteiger charge is -2.32. The number of nitrogens with one attached hydrogen (secondary N) is 1. The van der Waals surface area contributed by atoms with Gasteiger partial charge in [-0.2, -0.15) is 0 Å². The van der Waals surface area contributed by atoms with Crippen LogP contribution in [-0.4, -0.2) is 44.3 Å². The molecule has 1 atom stereocenters. The van der Waals surface area contributed by atoms with Crippen LogP contribution in [-0.2, 0) is 26.2 Å². The van der Waals surface area contributed by atoms with E-state index in [1.54, 1.807) is 37.3 Å². The summed E-state index contributed by atoms with van der Waals surface area (Å²) in [5.74, 6) is -1.65. The summed E-state index contributed by atoms with van der Waals surface area (Å²) < 4.78 is 42.1. The van der Waals surface area contributed by atoms with E-state index < -0.39 is 40.2 Å². The number of sulfonamides is 1. The number of nitrogens with zero attached hydrogens (tertiary/aromatic N) is 2. The molecular weight excluding hydrogens is 564 g/mol. The van der Waals surface area contributed by atoms with Crippen LogP contribution in [0.1, 0.15) is 31.4 Å². The fourth-order valence-electron chi connectivity index (χ4n) is 3.81. The maximum atomic E-state index is 13.9. The van der Waals surface area contributed by atoms with Crippen LogP contribution in [0.3, 0.4) is 0 Å². The van der Waals surface area contributed by atoms with E-state index >= 15 is 0 Å². The van der Waals surface area contributed by atoms with Crippen LogP contribution in [0, 0.1) is 12.7 Å². The molecule has 208 valence electrons. The van der Waals surface area contributed by atoms with E-state index in [1.807, 2.05) is 13.8 Å². The molecule has 0 aromatic heterocycles. The van der Waals surface area contributed by atoms with Gasteiger partial charge in [-0.15, -0.1) is 0 Å². The topological polar surface area (TPSA) is 86.8 Å². The molecule has 3 rings (SSSR count). The third kappa shape index (κ3) is 7.50. The molecule has 0 heterocycles. The van der Waals surface area contributed by atoms with Crippen molar-refractivity contribution in [3.63, 3.8) is 0 Å². The standard InChI is InChI=1S/C28H30Cl2FN3O4S/c1-4-16-32-28(36)20(3)33(17-24-25(29)6-5-7-26(24)30)27(35)18-34(22-12-10-21(31)11-13-22)39(37,38)23-14-8-19(2)9-15-23/h5-15,20H,4,16-18H2,1-3H3,(H,32,36)/t20-/m1/s1. The lowest BCUT2D eigenvalue weighted by Crippen LogP contribution is -2.51. The zero-order valence-corrected chi connectivity index (χ0v) is 24.2. The summed E-state index contributed by atoms with van der Waals surface area (Å²) in [7, 11) is -4.25. The molecule has 2 amide bonds. The Hall–Kier alpha value is -3.14. The average Bonchev–Trinajstić information content (AvgIpc) is 2.90. The van der Waals surface area contributed by atoms with Crippen molar-refractivity contribution in [3.8, 4) is 0 Å². The van der Waals surface area contributed by atoms with E-state index in [0.29, 0.717) is 28.6 Å². The number of amides is 2. The molecule has 0 aliphatic rings. The highest BCUT2D eigenvalue weighted by molar-refractivity contribution is 7.92. The summed E-state index contributed by atoms with van der Waals surface area (Å²) in [6.07, 6.45) is 0.690. The van der Waals surface area contributed by atoms with Gasteiger partial charge in [-0.1, -0.05) is 53.9 Å². The largest absolute Gasteiger partial charge is 0.354 e.